The van der Waals surface area contributed by atoms with E-state index in [0.29, 0.717) is 24.7 Å². The van der Waals surface area contributed by atoms with Crippen molar-refractivity contribution in [2.24, 2.45) is 0 Å². The highest BCUT2D eigenvalue weighted by Gasteiger charge is 2.29. The number of anilines is 2. The highest BCUT2D eigenvalue weighted by molar-refractivity contribution is 5.61. The second-order valence-corrected chi connectivity index (χ2v) is 4.57. The molecule has 0 aliphatic heterocycles. The summed E-state index contributed by atoms with van der Waals surface area (Å²) in [6.07, 6.45) is -4.33. The number of benzene rings is 2. The Hall–Kier alpha value is -2.21. The Balaban J connectivity index is 2.02. The third-order valence-electron chi connectivity index (χ3n) is 2.89. The van der Waals surface area contributed by atoms with Crippen LogP contribution in [0.25, 0.3) is 0 Å². The van der Waals surface area contributed by atoms with Gasteiger partial charge in [-0.25, -0.2) is 0 Å². The van der Waals surface area contributed by atoms with E-state index in [-0.39, 0.29) is 0 Å². The Morgan fingerprint density at radius 1 is 0.955 bits per heavy atom. The molecular weight excluding hydrogens is 295 g/mol. The van der Waals surface area contributed by atoms with E-state index in [1.165, 1.54) is 12.1 Å². The molecule has 0 unspecified atom stereocenters. The molecule has 118 valence electrons. The molecule has 2 rings (SSSR count). The van der Waals surface area contributed by atoms with Crippen LogP contribution >= 0.6 is 0 Å². The van der Waals surface area contributed by atoms with Gasteiger partial charge in [-0.2, -0.15) is 13.2 Å². The van der Waals surface area contributed by atoms with Gasteiger partial charge in [0.05, 0.1) is 12.2 Å². The monoisotopic (exact) mass is 311 g/mol. The van der Waals surface area contributed by atoms with Crippen molar-refractivity contribution in [3.63, 3.8) is 0 Å². The zero-order chi connectivity index (χ0) is 16.0. The van der Waals surface area contributed by atoms with Gasteiger partial charge in [-0.05, 0) is 36.4 Å². The van der Waals surface area contributed by atoms with E-state index in [2.05, 4.69) is 5.32 Å². The van der Waals surface area contributed by atoms with Crippen molar-refractivity contribution in [1.82, 2.24) is 0 Å². The van der Waals surface area contributed by atoms with E-state index in [9.17, 15) is 13.2 Å². The average Bonchev–Trinajstić information content (AvgIpc) is 2.48. The molecule has 0 aromatic heterocycles. The predicted octanol–water partition coefficient (Wildman–Crippen LogP) is 4.47. The first-order chi connectivity index (χ1) is 10.5. The van der Waals surface area contributed by atoms with Crippen LogP contribution in [0, 0.1) is 0 Å². The molecule has 3 nitrogen and oxygen atoms in total. The maximum Gasteiger partial charge on any atom is 0.416 e. The molecule has 0 amide bonds. The Morgan fingerprint density at radius 3 is 2.32 bits per heavy atom. The topological polar surface area (TPSA) is 30.5 Å². The van der Waals surface area contributed by atoms with Gasteiger partial charge >= 0.3 is 6.18 Å². The zero-order valence-corrected chi connectivity index (χ0v) is 12.0. The number of rotatable bonds is 6. The smallest absolute Gasteiger partial charge is 0.416 e. The summed E-state index contributed by atoms with van der Waals surface area (Å²) in [5.74, 6) is 0.661. The quantitative estimate of drug-likeness (QED) is 0.798. The van der Waals surface area contributed by atoms with Gasteiger partial charge in [0.25, 0.3) is 0 Å². The lowest BCUT2D eigenvalue weighted by Crippen LogP contribution is -2.05. The lowest BCUT2D eigenvalue weighted by Gasteiger charge is -2.11. The molecule has 2 aromatic rings. The molecule has 0 radical (unpaired) electrons. The molecule has 0 aliphatic carbocycles. The van der Waals surface area contributed by atoms with Gasteiger partial charge in [0.2, 0.25) is 0 Å². The molecule has 0 heterocycles. The molecule has 0 saturated heterocycles. The fourth-order valence-corrected chi connectivity index (χ4v) is 1.82. The molecule has 0 aliphatic rings. The van der Waals surface area contributed by atoms with Gasteiger partial charge in [-0.15, -0.1) is 0 Å². The van der Waals surface area contributed by atoms with E-state index in [0.717, 1.165) is 17.8 Å². The molecule has 0 spiro atoms. The first kappa shape index (κ1) is 16.2. The van der Waals surface area contributed by atoms with Crippen LogP contribution in [-0.4, -0.2) is 20.3 Å². The van der Waals surface area contributed by atoms with Crippen LogP contribution in [0.5, 0.6) is 5.75 Å². The number of methoxy groups -OCH3 is 1. The van der Waals surface area contributed by atoms with Crippen molar-refractivity contribution in [2.45, 2.75) is 6.18 Å². The minimum Gasteiger partial charge on any atom is -0.491 e. The first-order valence-corrected chi connectivity index (χ1v) is 6.65. The minimum absolute atomic E-state index is 0.431. The van der Waals surface area contributed by atoms with Crippen LogP contribution in [0.3, 0.4) is 0 Å². The van der Waals surface area contributed by atoms with Crippen LogP contribution in [0.15, 0.2) is 48.5 Å². The summed E-state index contributed by atoms with van der Waals surface area (Å²) in [6.45, 7) is 0.913. The van der Waals surface area contributed by atoms with Gasteiger partial charge in [0, 0.05) is 24.6 Å². The Bertz CT molecular complexity index is 597. The Kier molecular flexibility index (Phi) is 5.27. The van der Waals surface area contributed by atoms with Crippen LogP contribution in [0.1, 0.15) is 5.56 Å². The number of halogens is 3. The fraction of sp³-hybridized carbons (Fsp3) is 0.250. The molecular formula is C16H16F3NO2. The normalized spacial score (nSPS) is 11.3. The number of hydrogen-bond acceptors (Lipinski definition) is 3. The summed E-state index contributed by atoms with van der Waals surface area (Å²) < 4.78 is 47.9. The van der Waals surface area contributed by atoms with Gasteiger partial charge in [0.1, 0.15) is 12.4 Å². The second kappa shape index (κ2) is 7.17. The summed E-state index contributed by atoms with van der Waals surface area (Å²) in [6, 6.07) is 12.0. The van der Waals surface area contributed by atoms with Crippen LogP contribution in [0.2, 0.25) is 0 Å². The Morgan fingerprint density at radius 2 is 1.68 bits per heavy atom. The largest absolute Gasteiger partial charge is 0.491 e. The molecule has 0 fully saturated rings. The third-order valence-corrected chi connectivity index (χ3v) is 2.89. The second-order valence-electron chi connectivity index (χ2n) is 4.57. The van der Waals surface area contributed by atoms with Crippen molar-refractivity contribution in [2.75, 3.05) is 25.6 Å². The standard InChI is InChI=1S/C16H16F3NO2/c1-21-9-10-22-15-4-2-3-14(11-15)20-13-7-5-12(6-8-13)16(17,18)19/h2-8,11,20H,9-10H2,1H3. The van der Waals surface area contributed by atoms with Gasteiger partial charge < -0.3 is 14.8 Å². The van der Waals surface area contributed by atoms with Crippen molar-refractivity contribution in [3.8, 4) is 5.75 Å². The first-order valence-electron chi connectivity index (χ1n) is 6.65. The maximum atomic E-state index is 12.5. The van der Waals surface area contributed by atoms with Crippen molar-refractivity contribution < 1.29 is 22.6 Å². The van der Waals surface area contributed by atoms with Crippen LogP contribution < -0.4 is 10.1 Å². The highest BCUT2D eigenvalue weighted by Crippen LogP contribution is 2.30. The van der Waals surface area contributed by atoms with E-state index in [4.69, 9.17) is 9.47 Å². The number of ether oxygens (including phenoxy) is 2. The maximum absolute atomic E-state index is 12.5. The molecule has 22 heavy (non-hydrogen) atoms. The zero-order valence-electron chi connectivity index (χ0n) is 12.0. The van der Waals surface area contributed by atoms with E-state index in [1.54, 1.807) is 31.4 Å². The van der Waals surface area contributed by atoms with Gasteiger partial charge in [0.15, 0.2) is 0 Å². The van der Waals surface area contributed by atoms with Gasteiger partial charge in [-0.3, -0.25) is 0 Å². The fourth-order valence-electron chi connectivity index (χ4n) is 1.82. The van der Waals surface area contributed by atoms with Crippen molar-refractivity contribution in [1.29, 1.82) is 0 Å². The SMILES string of the molecule is COCCOc1cccc(Nc2ccc(C(F)(F)F)cc2)c1. The summed E-state index contributed by atoms with van der Waals surface area (Å²) in [4.78, 5) is 0. The molecule has 0 saturated carbocycles. The predicted molar refractivity (Wildman–Crippen MR) is 78.5 cm³/mol. The molecule has 0 atom stereocenters. The van der Waals surface area contributed by atoms with E-state index in [1.807, 2.05) is 0 Å². The summed E-state index contributed by atoms with van der Waals surface area (Å²) in [5.41, 5.74) is 0.631. The average molecular weight is 311 g/mol. The van der Waals surface area contributed by atoms with Crippen molar-refractivity contribution in [3.05, 3.63) is 54.1 Å². The van der Waals surface area contributed by atoms with E-state index < -0.39 is 11.7 Å². The summed E-state index contributed by atoms with van der Waals surface area (Å²) in [5, 5.41) is 3.03. The van der Waals surface area contributed by atoms with Gasteiger partial charge in [-0.1, -0.05) is 6.07 Å². The third kappa shape index (κ3) is 4.66. The number of hydrogen-bond donors (Lipinski definition) is 1. The van der Waals surface area contributed by atoms with Crippen LogP contribution in [0.4, 0.5) is 24.5 Å². The molecule has 2 aromatic carbocycles. The lowest BCUT2D eigenvalue weighted by molar-refractivity contribution is -0.137. The molecule has 6 heteroatoms. The van der Waals surface area contributed by atoms with Crippen molar-refractivity contribution >= 4 is 11.4 Å². The number of alkyl halides is 3. The lowest BCUT2D eigenvalue weighted by atomic mass is 10.2. The minimum atomic E-state index is -4.33. The summed E-state index contributed by atoms with van der Waals surface area (Å²) >= 11 is 0. The molecule has 0 bridgehead atoms. The number of nitrogens with one attached hydrogen (secondary N) is 1. The molecule has 1 N–H and O–H groups in total. The Labute approximate surface area is 126 Å². The van der Waals surface area contributed by atoms with Crippen LogP contribution in [-0.2, 0) is 10.9 Å². The van der Waals surface area contributed by atoms with E-state index >= 15 is 0 Å². The highest BCUT2D eigenvalue weighted by atomic mass is 19.4. The summed E-state index contributed by atoms with van der Waals surface area (Å²) in [7, 11) is 1.59.